The van der Waals surface area contributed by atoms with Crippen molar-refractivity contribution in [3.05, 3.63) is 22.7 Å². The molecule has 1 saturated heterocycles. The van der Waals surface area contributed by atoms with Gasteiger partial charge in [-0.25, -0.2) is 14.8 Å². The summed E-state index contributed by atoms with van der Waals surface area (Å²) >= 11 is 8.01. The highest BCUT2D eigenvalue weighted by molar-refractivity contribution is 7.14. The molecule has 4 rings (SSSR count). The number of amides is 1. The van der Waals surface area contributed by atoms with E-state index in [2.05, 4.69) is 20.9 Å². The fraction of sp³-hybridized carbons (Fsp3) is 0.571. The zero-order chi connectivity index (χ0) is 21.6. The third-order valence-electron chi connectivity index (χ3n) is 5.93. The van der Waals surface area contributed by atoms with Crippen molar-refractivity contribution in [2.24, 2.45) is 5.92 Å². The Kier molecular flexibility index (Phi) is 7.47. The molecule has 168 valence electrons. The van der Waals surface area contributed by atoms with Crippen LogP contribution >= 0.6 is 22.9 Å². The fourth-order valence-electron chi connectivity index (χ4n) is 4.14. The minimum absolute atomic E-state index is 0.0337. The molecule has 0 unspecified atom stereocenters. The van der Waals surface area contributed by atoms with Gasteiger partial charge in [0.05, 0.1) is 10.7 Å². The lowest BCUT2D eigenvalue weighted by atomic mass is 9.91. The highest BCUT2D eigenvalue weighted by Gasteiger charge is 2.23. The topological polar surface area (TPSA) is 108 Å². The second-order valence-electron chi connectivity index (χ2n) is 8.17. The number of carbonyl (C=O) groups is 1. The third-order valence-corrected chi connectivity index (χ3v) is 7.03. The van der Waals surface area contributed by atoms with Gasteiger partial charge in [-0.05, 0) is 50.5 Å². The van der Waals surface area contributed by atoms with Crippen LogP contribution in [0.3, 0.4) is 0 Å². The molecular weight excluding hydrogens is 438 g/mol. The molecule has 2 aromatic heterocycles. The Morgan fingerprint density at radius 1 is 1.19 bits per heavy atom. The van der Waals surface area contributed by atoms with Crippen LogP contribution in [-0.2, 0) is 4.74 Å². The van der Waals surface area contributed by atoms with E-state index >= 15 is 0 Å². The Hall–Kier alpha value is -2.10. The van der Waals surface area contributed by atoms with Crippen LogP contribution in [0.15, 0.2) is 17.6 Å². The number of nitrogens with one attached hydrogen (secondary N) is 3. The molecule has 0 bridgehead atoms. The van der Waals surface area contributed by atoms with Crippen molar-refractivity contribution in [2.75, 3.05) is 30.4 Å². The fourth-order valence-corrected chi connectivity index (χ4v) is 5.06. The molecule has 31 heavy (non-hydrogen) atoms. The van der Waals surface area contributed by atoms with Crippen LogP contribution in [-0.4, -0.2) is 53.0 Å². The van der Waals surface area contributed by atoms with Crippen molar-refractivity contribution in [1.82, 2.24) is 15.3 Å². The summed E-state index contributed by atoms with van der Waals surface area (Å²) in [6.45, 7) is 2.60. The zero-order valence-corrected chi connectivity index (χ0v) is 18.8. The summed E-state index contributed by atoms with van der Waals surface area (Å²) in [7, 11) is 0. The maximum Gasteiger partial charge on any atom is 0.404 e. The van der Waals surface area contributed by atoms with Crippen molar-refractivity contribution in [1.29, 1.82) is 0 Å². The number of hydrogen-bond donors (Lipinski definition) is 4. The van der Waals surface area contributed by atoms with Gasteiger partial charge in [0.15, 0.2) is 5.13 Å². The first kappa shape index (κ1) is 22.1. The highest BCUT2D eigenvalue weighted by atomic mass is 35.5. The lowest BCUT2D eigenvalue weighted by molar-refractivity contribution is 0.0699. The van der Waals surface area contributed by atoms with Gasteiger partial charge in [0.2, 0.25) is 0 Å². The van der Waals surface area contributed by atoms with Crippen molar-refractivity contribution in [3.63, 3.8) is 0 Å². The Bertz CT molecular complexity index is 882. The van der Waals surface area contributed by atoms with E-state index in [4.69, 9.17) is 26.4 Å². The van der Waals surface area contributed by atoms with Crippen LogP contribution in [0.1, 0.15) is 38.5 Å². The number of nitrogens with zero attached hydrogens (tertiary/aromatic N) is 2. The van der Waals surface area contributed by atoms with Crippen molar-refractivity contribution < 1.29 is 14.6 Å². The average molecular weight is 466 g/mol. The number of thiazole rings is 1. The predicted molar refractivity (Wildman–Crippen MR) is 123 cm³/mol. The van der Waals surface area contributed by atoms with E-state index in [1.165, 1.54) is 0 Å². The Labute approximate surface area is 190 Å². The first-order valence-electron chi connectivity index (χ1n) is 10.8. The maximum atomic E-state index is 10.8. The van der Waals surface area contributed by atoms with Crippen LogP contribution < -0.4 is 16.0 Å². The number of aromatic nitrogens is 2. The van der Waals surface area contributed by atoms with Gasteiger partial charge in [-0.2, -0.15) is 0 Å². The van der Waals surface area contributed by atoms with E-state index in [1.807, 2.05) is 11.4 Å². The molecule has 0 radical (unpaired) electrons. The predicted octanol–water partition coefficient (Wildman–Crippen LogP) is 4.69. The number of ether oxygens (including phenoxy) is 1. The van der Waals surface area contributed by atoms with Gasteiger partial charge in [0, 0.05) is 49.0 Å². The minimum Gasteiger partial charge on any atom is -0.465 e. The van der Waals surface area contributed by atoms with Gasteiger partial charge in [-0.15, -0.1) is 11.3 Å². The molecule has 2 fully saturated rings. The second-order valence-corrected chi connectivity index (χ2v) is 9.43. The molecule has 8 nitrogen and oxygen atoms in total. The van der Waals surface area contributed by atoms with E-state index < -0.39 is 6.09 Å². The summed E-state index contributed by atoms with van der Waals surface area (Å²) in [5.74, 6) is 1.39. The van der Waals surface area contributed by atoms with Gasteiger partial charge < -0.3 is 25.8 Å². The molecule has 4 N–H and O–H groups in total. The normalized spacial score (nSPS) is 22.1. The van der Waals surface area contributed by atoms with Crippen LogP contribution in [0.2, 0.25) is 5.02 Å². The molecule has 10 heteroatoms. The SMILES string of the molecule is O=C(O)NC1CCC(Nc2cc(-c3csc(NCC4CCOCC4)n3)c(Cl)cn2)CC1. The molecule has 0 atom stereocenters. The molecule has 1 amide bonds. The summed E-state index contributed by atoms with van der Waals surface area (Å²) < 4.78 is 5.42. The Morgan fingerprint density at radius 3 is 2.68 bits per heavy atom. The number of rotatable bonds is 7. The molecule has 2 aromatic rings. The van der Waals surface area contributed by atoms with E-state index in [1.54, 1.807) is 17.5 Å². The molecule has 0 aromatic carbocycles. The number of halogens is 1. The molecule has 2 aliphatic rings. The summed E-state index contributed by atoms with van der Waals surface area (Å²) in [4.78, 5) is 20.0. The molecule has 1 aliphatic heterocycles. The quantitative estimate of drug-likeness (QED) is 0.469. The first-order chi connectivity index (χ1) is 15.1. The number of pyridine rings is 1. The van der Waals surface area contributed by atoms with Crippen molar-refractivity contribution >= 4 is 40.0 Å². The molecule has 3 heterocycles. The lowest BCUT2D eigenvalue weighted by Crippen LogP contribution is -2.39. The first-order valence-corrected chi connectivity index (χ1v) is 12.0. The minimum atomic E-state index is -0.953. The summed E-state index contributed by atoms with van der Waals surface area (Å²) in [6, 6.07) is 2.24. The Balaban J connectivity index is 1.35. The van der Waals surface area contributed by atoms with E-state index in [0.717, 1.165) is 80.5 Å². The van der Waals surface area contributed by atoms with Crippen molar-refractivity contribution in [3.8, 4) is 11.3 Å². The van der Waals surface area contributed by atoms with Crippen LogP contribution in [0.5, 0.6) is 0 Å². The third kappa shape index (κ3) is 6.21. The van der Waals surface area contributed by atoms with E-state index in [9.17, 15) is 4.79 Å². The van der Waals surface area contributed by atoms with E-state index in [0.29, 0.717) is 10.9 Å². The summed E-state index contributed by atoms with van der Waals surface area (Å²) in [5, 5.41) is 21.8. The average Bonchev–Trinajstić information content (AvgIpc) is 3.24. The van der Waals surface area contributed by atoms with Gasteiger partial charge in [0.25, 0.3) is 0 Å². The number of anilines is 2. The monoisotopic (exact) mass is 465 g/mol. The molecule has 0 spiro atoms. The van der Waals surface area contributed by atoms with Gasteiger partial charge in [-0.1, -0.05) is 11.6 Å². The molecular formula is C21H28ClN5O3S. The maximum absolute atomic E-state index is 10.8. The highest BCUT2D eigenvalue weighted by Crippen LogP contribution is 2.33. The van der Waals surface area contributed by atoms with Gasteiger partial charge >= 0.3 is 6.09 Å². The van der Waals surface area contributed by atoms with Gasteiger partial charge in [-0.3, -0.25) is 0 Å². The van der Waals surface area contributed by atoms with Gasteiger partial charge in [0.1, 0.15) is 5.82 Å². The Morgan fingerprint density at radius 2 is 1.94 bits per heavy atom. The smallest absolute Gasteiger partial charge is 0.404 e. The summed E-state index contributed by atoms with van der Waals surface area (Å²) in [6.07, 6.45) is 6.30. The van der Waals surface area contributed by atoms with Crippen molar-refractivity contribution in [2.45, 2.75) is 50.6 Å². The van der Waals surface area contributed by atoms with Crippen LogP contribution in [0.25, 0.3) is 11.3 Å². The lowest BCUT2D eigenvalue weighted by Gasteiger charge is -2.29. The van der Waals surface area contributed by atoms with E-state index in [-0.39, 0.29) is 12.1 Å². The second kappa shape index (κ2) is 10.5. The summed E-state index contributed by atoms with van der Waals surface area (Å²) in [5.41, 5.74) is 1.69. The van der Waals surface area contributed by atoms with Crippen LogP contribution in [0, 0.1) is 5.92 Å². The largest absolute Gasteiger partial charge is 0.465 e. The molecule has 1 aliphatic carbocycles. The molecule has 1 saturated carbocycles. The zero-order valence-electron chi connectivity index (χ0n) is 17.3. The number of carboxylic acid groups (broad SMARTS) is 1. The standard InChI is InChI=1S/C21H28ClN5O3S/c22-17-11-23-19(25-14-1-3-15(4-2-14)26-21(28)29)9-16(17)18-12-31-20(27-18)24-10-13-5-7-30-8-6-13/h9,11-15,26H,1-8,10H2,(H,23,25)(H,24,27)(H,28,29). The number of hydrogen-bond acceptors (Lipinski definition) is 7. The van der Waals surface area contributed by atoms with Crippen LogP contribution in [0.4, 0.5) is 15.7 Å².